The minimum absolute atomic E-state index is 0.0519. The van der Waals surface area contributed by atoms with Crippen molar-refractivity contribution >= 4 is 34.9 Å². The fourth-order valence-corrected chi connectivity index (χ4v) is 2.58. The number of likely N-dealkylation sites (N-methyl/N-ethyl adjacent to an activating group) is 1. The highest BCUT2D eigenvalue weighted by molar-refractivity contribution is 5.97. The molecule has 2 aromatic rings. The Hall–Kier alpha value is -3.40. The van der Waals surface area contributed by atoms with Crippen molar-refractivity contribution in [1.82, 2.24) is 9.97 Å². The Kier molecular flexibility index (Phi) is 7.10. The average molecular weight is 389 g/mol. The van der Waals surface area contributed by atoms with E-state index in [-0.39, 0.29) is 23.4 Å². The highest BCUT2D eigenvalue weighted by Crippen LogP contribution is 2.29. The number of ether oxygens (including phenoxy) is 2. The second-order valence-corrected chi connectivity index (χ2v) is 5.67. The number of hydrogen-bond donors (Lipinski definition) is 3. The molecule has 0 saturated carbocycles. The van der Waals surface area contributed by atoms with Crippen LogP contribution in [0.15, 0.2) is 24.5 Å². The summed E-state index contributed by atoms with van der Waals surface area (Å²) in [6.07, 6.45) is 1.33. The number of carbonyl (C=O) groups is 2. The van der Waals surface area contributed by atoms with Gasteiger partial charge in [0, 0.05) is 18.8 Å². The lowest BCUT2D eigenvalue weighted by atomic mass is 10.1. The lowest BCUT2D eigenvalue weighted by Crippen LogP contribution is -2.28. The summed E-state index contributed by atoms with van der Waals surface area (Å²) < 4.78 is 9.45. The molecule has 4 N–H and O–H groups in total. The molecule has 1 aromatic carbocycles. The minimum Gasteiger partial charge on any atom is -0.465 e. The van der Waals surface area contributed by atoms with Gasteiger partial charge in [-0.05, 0) is 25.1 Å². The molecule has 0 spiro atoms. The van der Waals surface area contributed by atoms with Gasteiger partial charge < -0.3 is 30.5 Å². The summed E-state index contributed by atoms with van der Waals surface area (Å²) in [5.74, 6) is -0.457. The Labute approximate surface area is 162 Å². The summed E-state index contributed by atoms with van der Waals surface area (Å²) in [4.78, 5) is 33.9. The summed E-state index contributed by atoms with van der Waals surface area (Å²) in [5.41, 5.74) is 7.18. The Morgan fingerprint density at radius 3 is 2.25 bits per heavy atom. The van der Waals surface area contributed by atoms with E-state index in [0.717, 1.165) is 0 Å². The van der Waals surface area contributed by atoms with E-state index in [1.54, 1.807) is 4.90 Å². The Morgan fingerprint density at radius 1 is 1.14 bits per heavy atom. The van der Waals surface area contributed by atoms with Gasteiger partial charge in [-0.3, -0.25) is 0 Å². The molecule has 0 radical (unpaired) electrons. The molecule has 28 heavy (non-hydrogen) atoms. The number of nitrogens with zero attached hydrogens (tertiary/aromatic N) is 3. The van der Waals surface area contributed by atoms with Crippen molar-refractivity contribution in [1.29, 1.82) is 0 Å². The summed E-state index contributed by atoms with van der Waals surface area (Å²) >= 11 is 0. The summed E-state index contributed by atoms with van der Waals surface area (Å²) in [5, 5.41) is 12.2. The molecule has 150 valence electrons. The maximum absolute atomic E-state index is 11.9. The molecule has 2 rings (SSSR count). The molecule has 0 saturated heterocycles. The van der Waals surface area contributed by atoms with Gasteiger partial charge in [-0.1, -0.05) is 0 Å². The van der Waals surface area contributed by atoms with Crippen molar-refractivity contribution < 1.29 is 24.2 Å². The van der Waals surface area contributed by atoms with E-state index < -0.39 is 11.9 Å². The Morgan fingerprint density at radius 2 is 1.75 bits per heavy atom. The van der Waals surface area contributed by atoms with E-state index in [1.165, 1.54) is 38.7 Å². The third-order valence-corrected chi connectivity index (χ3v) is 3.95. The van der Waals surface area contributed by atoms with Gasteiger partial charge in [0.2, 0.25) is 0 Å². The molecule has 1 heterocycles. The van der Waals surface area contributed by atoms with Crippen LogP contribution >= 0.6 is 0 Å². The number of rotatable bonds is 8. The van der Waals surface area contributed by atoms with Crippen molar-refractivity contribution in [3.63, 3.8) is 0 Å². The van der Waals surface area contributed by atoms with Gasteiger partial charge in [0.25, 0.3) is 0 Å². The molecule has 0 aliphatic rings. The summed E-state index contributed by atoms with van der Waals surface area (Å²) in [7, 11) is 2.49. The zero-order chi connectivity index (χ0) is 20.7. The third kappa shape index (κ3) is 4.65. The fourth-order valence-electron chi connectivity index (χ4n) is 2.58. The second kappa shape index (κ2) is 9.51. The van der Waals surface area contributed by atoms with Gasteiger partial charge in [-0.25, -0.2) is 19.6 Å². The standard InChI is InChI=1S/C18H23N5O5/c1-4-23(5-6-24)16-14(19)15(20-10-21-16)22-13-8-11(17(25)27-2)7-12(9-13)18(26)28-3/h7-10,24H,4-6,19H2,1-3H3,(H,20,21,22). The van der Waals surface area contributed by atoms with Crippen LogP contribution in [0.25, 0.3) is 0 Å². The van der Waals surface area contributed by atoms with Crippen molar-refractivity contribution in [2.75, 3.05) is 49.9 Å². The first kappa shape index (κ1) is 20.9. The van der Waals surface area contributed by atoms with Crippen LogP contribution in [0.3, 0.4) is 0 Å². The maximum Gasteiger partial charge on any atom is 0.337 e. The number of aliphatic hydroxyl groups is 1. The molecule has 0 amide bonds. The van der Waals surface area contributed by atoms with Crippen LogP contribution in [0.4, 0.5) is 23.0 Å². The van der Waals surface area contributed by atoms with Crippen LogP contribution in [0.2, 0.25) is 0 Å². The molecule has 1 aromatic heterocycles. The predicted octanol–water partition coefficient (Wildman–Crippen LogP) is 1.19. The van der Waals surface area contributed by atoms with E-state index in [0.29, 0.717) is 30.4 Å². The first-order chi connectivity index (χ1) is 13.4. The zero-order valence-electron chi connectivity index (χ0n) is 15.9. The van der Waals surface area contributed by atoms with Crippen molar-refractivity contribution in [2.24, 2.45) is 0 Å². The topological polar surface area (TPSA) is 140 Å². The number of methoxy groups -OCH3 is 2. The first-order valence-corrected chi connectivity index (χ1v) is 8.50. The largest absolute Gasteiger partial charge is 0.465 e. The molecular weight excluding hydrogens is 366 g/mol. The van der Waals surface area contributed by atoms with Gasteiger partial charge in [0.05, 0.1) is 32.0 Å². The van der Waals surface area contributed by atoms with E-state index in [9.17, 15) is 14.7 Å². The number of nitrogen functional groups attached to an aromatic ring is 1. The molecule has 0 bridgehead atoms. The number of aliphatic hydroxyl groups excluding tert-OH is 1. The van der Waals surface area contributed by atoms with Gasteiger partial charge in [0.1, 0.15) is 12.0 Å². The van der Waals surface area contributed by atoms with Gasteiger partial charge in [-0.2, -0.15) is 0 Å². The number of anilines is 4. The van der Waals surface area contributed by atoms with Crippen LogP contribution in [0.1, 0.15) is 27.6 Å². The van der Waals surface area contributed by atoms with Crippen LogP contribution in [0.5, 0.6) is 0 Å². The van der Waals surface area contributed by atoms with Crippen molar-refractivity contribution in [3.8, 4) is 0 Å². The lowest BCUT2D eigenvalue weighted by Gasteiger charge is -2.23. The maximum atomic E-state index is 11.9. The fraction of sp³-hybridized carbons (Fsp3) is 0.333. The molecule has 0 aliphatic carbocycles. The smallest absolute Gasteiger partial charge is 0.337 e. The van der Waals surface area contributed by atoms with E-state index >= 15 is 0 Å². The van der Waals surface area contributed by atoms with Crippen LogP contribution in [-0.4, -0.2) is 60.9 Å². The summed E-state index contributed by atoms with van der Waals surface area (Å²) in [6, 6.07) is 4.38. The number of nitrogens with one attached hydrogen (secondary N) is 1. The number of nitrogens with two attached hydrogens (primary N) is 1. The number of aromatic nitrogens is 2. The van der Waals surface area contributed by atoms with E-state index in [4.69, 9.17) is 15.2 Å². The zero-order valence-corrected chi connectivity index (χ0v) is 15.9. The number of benzene rings is 1. The van der Waals surface area contributed by atoms with Crippen LogP contribution in [0, 0.1) is 0 Å². The SMILES string of the molecule is CCN(CCO)c1ncnc(Nc2cc(C(=O)OC)cc(C(=O)OC)c2)c1N. The molecule has 0 aliphatic heterocycles. The first-order valence-electron chi connectivity index (χ1n) is 8.50. The lowest BCUT2D eigenvalue weighted by molar-refractivity contribution is 0.0599. The molecule has 0 unspecified atom stereocenters. The Bertz CT molecular complexity index is 824. The number of hydrogen-bond acceptors (Lipinski definition) is 10. The van der Waals surface area contributed by atoms with Crippen LogP contribution < -0.4 is 16.0 Å². The van der Waals surface area contributed by atoms with Crippen molar-refractivity contribution in [3.05, 3.63) is 35.7 Å². The van der Waals surface area contributed by atoms with E-state index in [1.807, 2.05) is 6.92 Å². The highest BCUT2D eigenvalue weighted by Gasteiger charge is 2.17. The molecule has 0 atom stereocenters. The molecular formula is C18H23N5O5. The Balaban J connectivity index is 2.44. The quantitative estimate of drug-likeness (QED) is 0.564. The van der Waals surface area contributed by atoms with Gasteiger partial charge in [0.15, 0.2) is 11.6 Å². The second-order valence-electron chi connectivity index (χ2n) is 5.67. The summed E-state index contributed by atoms with van der Waals surface area (Å²) in [6.45, 7) is 2.81. The van der Waals surface area contributed by atoms with E-state index in [2.05, 4.69) is 15.3 Å². The predicted molar refractivity (Wildman–Crippen MR) is 104 cm³/mol. The molecule has 10 nitrogen and oxygen atoms in total. The minimum atomic E-state index is -0.606. The monoisotopic (exact) mass is 389 g/mol. The molecule has 0 fully saturated rings. The normalized spacial score (nSPS) is 10.3. The number of esters is 2. The van der Waals surface area contributed by atoms with Crippen LogP contribution in [-0.2, 0) is 9.47 Å². The van der Waals surface area contributed by atoms with Gasteiger partial charge in [-0.15, -0.1) is 0 Å². The average Bonchev–Trinajstić information content (AvgIpc) is 2.72. The number of carbonyl (C=O) groups excluding carboxylic acids is 2. The highest BCUT2D eigenvalue weighted by atomic mass is 16.5. The molecule has 10 heteroatoms. The third-order valence-electron chi connectivity index (χ3n) is 3.95. The van der Waals surface area contributed by atoms with Gasteiger partial charge >= 0.3 is 11.9 Å². The van der Waals surface area contributed by atoms with Crippen molar-refractivity contribution in [2.45, 2.75) is 6.92 Å².